The van der Waals surface area contributed by atoms with Gasteiger partial charge < -0.3 is 0 Å². The molecule has 1 rings (SSSR count). The van der Waals surface area contributed by atoms with Gasteiger partial charge in [0, 0.05) is 5.56 Å². The first-order valence-corrected chi connectivity index (χ1v) is 8.60. The van der Waals surface area contributed by atoms with Gasteiger partial charge in [-0.25, -0.2) is 0 Å². The molecule has 0 aliphatic rings. The van der Waals surface area contributed by atoms with Crippen LogP contribution in [-0.4, -0.2) is 18.2 Å². The van der Waals surface area contributed by atoms with E-state index in [1.165, 1.54) is 0 Å². The van der Waals surface area contributed by atoms with E-state index in [1.807, 2.05) is 0 Å². The molecular weight excluding hydrogens is 314 g/mol. The van der Waals surface area contributed by atoms with Crippen LogP contribution in [-0.2, 0) is 12.4 Å². The highest BCUT2D eigenvalue weighted by molar-refractivity contribution is 9.23. The minimum absolute atomic E-state index is 0.290. The Kier molecular flexibility index (Phi) is 4.17. The van der Waals surface area contributed by atoms with Crippen LogP contribution in [0.4, 0.5) is 26.3 Å². The van der Waals surface area contributed by atoms with Crippen molar-refractivity contribution in [3.05, 3.63) is 29.3 Å². The summed E-state index contributed by atoms with van der Waals surface area (Å²) in [5.74, 6) is 0. The van der Waals surface area contributed by atoms with Gasteiger partial charge in [-0.05, 0) is 6.07 Å². The van der Waals surface area contributed by atoms with Crippen molar-refractivity contribution in [2.24, 2.45) is 0 Å². The van der Waals surface area contributed by atoms with Crippen molar-refractivity contribution in [2.45, 2.75) is 12.4 Å². The van der Waals surface area contributed by atoms with Gasteiger partial charge in [-0.15, -0.1) is 3.69 Å². The van der Waals surface area contributed by atoms with Crippen LogP contribution < -0.4 is 3.69 Å². The highest BCUT2D eigenvalue weighted by Gasteiger charge is 2.43. The summed E-state index contributed by atoms with van der Waals surface area (Å²) in [6, 6.07) is 2.50. The zero-order valence-electron chi connectivity index (χ0n) is 7.58. The summed E-state index contributed by atoms with van der Waals surface area (Å²) in [6.45, 7) is 0. The monoisotopic (exact) mass is 316 g/mol. The summed E-state index contributed by atoms with van der Waals surface area (Å²) in [7, 11) is 0. The second-order valence-electron chi connectivity index (χ2n) is 2.97. The summed E-state index contributed by atoms with van der Waals surface area (Å²) in [5.41, 5.74) is -3.18. The molecule has 0 unspecified atom stereocenters. The fraction of sp³-hybridized carbons (Fsp3) is 0.250. The molecule has 0 fully saturated rings. The van der Waals surface area contributed by atoms with E-state index in [9.17, 15) is 26.3 Å². The van der Waals surface area contributed by atoms with E-state index in [4.69, 9.17) is 0 Å². The number of hydrogen-bond acceptors (Lipinski definition) is 0. The van der Waals surface area contributed by atoms with Gasteiger partial charge in [0.1, 0.15) is 0 Å². The summed E-state index contributed by atoms with van der Waals surface area (Å²) in [5, 5.41) is 0. The molecule has 0 bridgehead atoms. The topological polar surface area (TPSA) is 0 Å². The zero-order valence-corrected chi connectivity index (χ0v) is 10.6. The first-order valence-electron chi connectivity index (χ1n) is 4.00. The SMILES string of the molecule is FC(F)(F)c1ccc[c]([Mg][Br])c1C(F)(F)F. The third kappa shape index (κ3) is 3.04. The van der Waals surface area contributed by atoms with Crippen LogP contribution in [0.25, 0.3) is 0 Å². The maximum absolute atomic E-state index is 12.5. The molecule has 16 heavy (non-hydrogen) atoms. The normalized spacial score (nSPS) is 12.4. The maximum atomic E-state index is 12.5. The van der Waals surface area contributed by atoms with E-state index in [0.29, 0.717) is 6.07 Å². The minimum atomic E-state index is -4.99. The average molecular weight is 317 g/mol. The van der Waals surface area contributed by atoms with Crippen molar-refractivity contribution in [2.75, 3.05) is 0 Å². The molecular formula is C8H3BrF6Mg. The Bertz CT molecular complexity index is 383. The second kappa shape index (κ2) is 4.73. The van der Waals surface area contributed by atoms with Crippen molar-refractivity contribution in [3.63, 3.8) is 0 Å². The molecule has 86 valence electrons. The third-order valence-electron chi connectivity index (χ3n) is 1.88. The molecule has 0 saturated heterocycles. The lowest BCUT2D eigenvalue weighted by atomic mass is 10.1. The van der Waals surface area contributed by atoms with Crippen LogP contribution in [0.15, 0.2) is 18.2 Å². The molecule has 1 aromatic rings. The van der Waals surface area contributed by atoms with Crippen LogP contribution in [0.3, 0.4) is 0 Å². The summed E-state index contributed by atoms with van der Waals surface area (Å²) >= 11 is 1.37. The van der Waals surface area contributed by atoms with Crippen LogP contribution in [0.5, 0.6) is 0 Å². The fourth-order valence-electron chi connectivity index (χ4n) is 1.28. The van der Waals surface area contributed by atoms with Gasteiger partial charge in [0.2, 0.25) is 0 Å². The largest absolute Gasteiger partial charge is 0.507 e. The Morgan fingerprint density at radius 1 is 0.938 bits per heavy atom. The quantitative estimate of drug-likeness (QED) is 0.550. The molecule has 0 radical (unpaired) electrons. The lowest BCUT2D eigenvalue weighted by Crippen LogP contribution is -2.28. The first kappa shape index (κ1) is 14.1. The number of rotatable bonds is 1. The Balaban J connectivity index is 3.51. The van der Waals surface area contributed by atoms with E-state index < -0.39 is 41.7 Å². The van der Waals surface area contributed by atoms with E-state index in [2.05, 4.69) is 12.9 Å². The van der Waals surface area contributed by atoms with Crippen molar-refractivity contribution < 1.29 is 26.3 Å². The number of hydrogen-bond donors (Lipinski definition) is 0. The van der Waals surface area contributed by atoms with Gasteiger partial charge in [-0.1, -0.05) is 12.1 Å². The molecule has 0 amide bonds. The minimum Gasteiger partial charge on any atom is -0.296 e. The van der Waals surface area contributed by atoms with Crippen molar-refractivity contribution in [1.82, 2.24) is 0 Å². The lowest BCUT2D eigenvalue weighted by molar-refractivity contribution is -0.161. The van der Waals surface area contributed by atoms with E-state index in [0.717, 1.165) is 12.1 Å². The molecule has 0 atom stereocenters. The molecule has 0 aliphatic carbocycles. The number of halogens is 7. The van der Waals surface area contributed by atoms with E-state index >= 15 is 0 Å². The third-order valence-corrected chi connectivity index (χ3v) is 4.57. The van der Waals surface area contributed by atoms with Gasteiger partial charge in [0.25, 0.3) is 0 Å². The first-order chi connectivity index (χ1) is 7.18. The standard InChI is InChI=1S/C8H3F6.BrH.Mg/c9-7(10,11)5-3-1-2-4-6(5)8(12,13)14;;/h1-3H;1H;/q;;+1/p-1. The van der Waals surface area contributed by atoms with Gasteiger partial charge in [0.05, 0.1) is 5.56 Å². The summed E-state index contributed by atoms with van der Waals surface area (Å²) in [6.07, 6.45) is -9.97. The molecule has 8 heteroatoms. The predicted octanol–water partition coefficient (Wildman–Crippen LogP) is 3.36. The van der Waals surface area contributed by atoms with Gasteiger partial charge in [0.15, 0.2) is 0 Å². The van der Waals surface area contributed by atoms with Crippen molar-refractivity contribution in [3.8, 4) is 0 Å². The van der Waals surface area contributed by atoms with Crippen LogP contribution >= 0.6 is 12.9 Å². The van der Waals surface area contributed by atoms with Gasteiger partial charge >= 0.3 is 30.5 Å². The predicted molar refractivity (Wildman–Crippen MR) is 50.8 cm³/mol. The zero-order chi connectivity index (χ0) is 12.6. The smallest absolute Gasteiger partial charge is 0.296 e. The molecule has 0 aromatic heterocycles. The maximum Gasteiger partial charge on any atom is 0.507 e. The van der Waals surface area contributed by atoms with E-state index in [1.54, 1.807) is 0 Å². The van der Waals surface area contributed by atoms with Crippen LogP contribution in [0, 0.1) is 0 Å². The molecule has 0 spiro atoms. The lowest BCUT2D eigenvalue weighted by Gasteiger charge is -2.18. The highest BCUT2D eigenvalue weighted by atomic mass is 79.9. The molecule has 1 aromatic carbocycles. The Hall–Kier alpha value is 0.0462. The molecule has 0 heterocycles. The molecule has 0 aliphatic heterocycles. The number of benzene rings is 1. The van der Waals surface area contributed by atoms with Crippen molar-refractivity contribution >= 4 is 34.8 Å². The summed E-state index contributed by atoms with van der Waals surface area (Å²) < 4.78 is 74.5. The van der Waals surface area contributed by atoms with E-state index in [-0.39, 0.29) is 3.69 Å². The highest BCUT2D eigenvalue weighted by Crippen LogP contribution is 2.39. The number of alkyl halides is 6. The Labute approximate surface area is 103 Å². The second-order valence-corrected chi connectivity index (χ2v) is 5.68. The fourth-order valence-corrected chi connectivity index (χ4v) is 3.43. The summed E-state index contributed by atoms with van der Waals surface area (Å²) in [4.78, 5) is 0. The van der Waals surface area contributed by atoms with Gasteiger partial charge in [-0.2, -0.15) is 26.3 Å². The molecule has 0 N–H and O–H groups in total. The molecule has 0 saturated carbocycles. The van der Waals surface area contributed by atoms with Gasteiger partial charge in [-0.3, -0.25) is 12.9 Å². The van der Waals surface area contributed by atoms with Crippen LogP contribution in [0.1, 0.15) is 11.1 Å². The van der Waals surface area contributed by atoms with Crippen molar-refractivity contribution in [1.29, 1.82) is 0 Å². The Morgan fingerprint density at radius 3 is 1.88 bits per heavy atom. The Morgan fingerprint density at radius 2 is 1.50 bits per heavy atom. The van der Waals surface area contributed by atoms with Crippen LogP contribution in [0.2, 0.25) is 0 Å². The molecule has 0 nitrogen and oxygen atoms in total. The average Bonchev–Trinajstić information content (AvgIpc) is 2.13.